The van der Waals surface area contributed by atoms with Crippen molar-refractivity contribution in [2.45, 2.75) is 51.7 Å². The van der Waals surface area contributed by atoms with Crippen molar-refractivity contribution < 1.29 is 29.3 Å². The highest BCUT2D eigenvalue weighted by atomic mass is 16.6. The monoisotopic (exact) mass is 316 g/mol. The highest BCUT2D eigenvalue weighted by Gasteiger charge is 2.48. The van der Waals surface area contributed by atoms with Gasteiger partial charge in [-0.2, -0.15) is 0 Å². The number of likely N-dealkylation sites (tertiary alicyclic amines) is 1. The molecule has 0 bridgehead atoms. The highest BCUT2D eigenvalue weighted by molar-refractivity contribution is 6.27. The quantitative estimate of drug-likeness (QED) is 0.566. The van der Waals surface area contributed by atoms with Crippen molar-refractivity contribution in [3.63, 3.8) is 0 Å². The second-order valence-electron chi connectivity index (χ2n) is 6.93. The van der Waals surface area contributed by atoms with Gasteiger partial charge in [0.15, 0.2) is 0 Å². The Bertz CT molecular complexity index is 439. The van der Waals surface area contributed by atoms with Crippen molar-refractivity contribution in [2.24, 2.45) is 11.1 Å². The van der Waals surface area contributed by atoms with E-state index in [9.17, 15) is 4.79 Å². The second-order valence-corrected chi connectivity index (χ2v) is 6.93. The van der Waals surface area contributed by atoms with E-state index < -0.39 is 17.5 Å². The third kappa shape index (κ3) is 5.18. The number of hydrogen-bond donors (Lipinski definition) is 3. The summed E-state index contributed by atoms with van der Waals surface area (Å²) in [4.78, 5) is 31.9. The van der Waals surface area contributed by atoms with Crippen molar-refractivity contribution >= 4 is 18.0 Å². The van der Waals surface area contributed by atoms with Crippen molar-refractivity contribution in [3.8, 4) is 0 Å². The fourth-order valence-corrected chi connectivity index (χ4v) is 2.80. The van der Waals surface area contributed by atoms with Crippen molar-refractivity contribution in [1.82, 2.24) is 4.90 Å². The maximum atomic E-state index is 11.8. The number of amides is 1. The number of aliphatic carboxylic acids is 2. The largest absolute Gasteiger partial charge is 0.473 e. The third-order valence-corrected chi connectivity index (χ3v) is 3.66. The van der Waals surface area contributed by atoms with E-state index in [1.165, 1.54) is 0 Å². The van der Waals surface area contributed by atoms with Crippen LogP contribution in [-0.4, -0.2) is 57.9 Å². The lowest BCUT2D eigenvalue weighted by Crippen LogP contribution is -2.48. The van der Waals surface area contributed by atoms with Gasteiger partial charge in [0, 0.05) is 19.1 Å². The molecule has 0 aromatic carbocycles. The molecule has 0 aromatic rings. The molecule has 126 valence electrons. The minimum Gasteiger partial charge on any atom is -0.473 e. The molecule has 8 heteroatoms. The molecule has 1 amide bonds. The molecule has 1 aliphatic carbocycles. The van der Waals surface area contributed by atoms with Crippen molar-refractivity contribution in [3.05, 3.63) is 0 Å². The lowest BCUT2D eigenvalue weighted by atomic mass is 9.65. The number of carbonyl (C=O) groups excluding carboxylic acids is 1. The Kier molecular flexibility index (Phi) is 5.39. The number of carbonyl (C=O) groups is 3. The summed E-state index contributed by atoms with van der Waals surface area (Å²) >= 11 is 0. The van der Waals surface area contributed by atoms with E-state index in [1.807, 2.05) is 25.7 Å². The number of hydrogen-bond acceptors (Lipinski definition) is 5. The maximum Gasteiger partial charge on any atom is 0.414 e. The van der Waals surface area contributed by atoms with Gasteiger partial charge in [-0.3, -0.25) is 0 Å². The fourth-order valence-electron chi connectivity index (χ4n) is 2.80. The zero-order chi connectivity index (χ0) is 17.1. The van der Waals surface area contributed by atoms with Crippen molar-refractivity contribution in [2.75, 3.05) is 13.1 Å². The van der Waals surface area contributed by atoms with Gasteiger partial charge in [0.25, 0.3) is 0 Å². The van der Waals surface area contributed by atoms with Gasteiger partial charge < -0.3 is 25.6 Å². The fraction of sp³-hybridized carbons (Fsp3) is 0.786. The lowest BCUT2D eigenvalue weighted by Gasteiger charge is -2.43. The number of ether oxygens (including phenoxy) is 1. The molecule has 22 heavy (non-hydrogen) atoms. The molecule has 2 fully saturated rings. The van der Waals surface area contributed by atoms with E-state index in [0.29, 0.717) is 11.5 Å². The Balaban J connectivity index is 0.000000346. The minimum atomic E-state index is -1.82. The first-order chi connectivity index (χ1) is 9.94. The van der Waals surface area contributed by atoms with E-state index >= 15 is 0 Å². The average molecular weight is 316 g/mol. The first-order valence-corrected chi connectivity index (χ1v) is 7.14. The summed E-state index contributed by atoms with van der Waals surface area (Å²) in [6, 6.07) is 0.346. The van der Waals surface area contributed by atoms with Crippen LogP contribution in [0.1, 0.15) is 40.0 Å². The second kappa shape index (κ2) is 6.51. The normalized spacial score (nSPS) is 26.7. The topological polar surface area (TPSA) is 130 Å². The van der Waals surface area contributed by atoms with Gasteiger partial charge in [-0.1, -0.05) is 0 Å². The first-order valence-electron chi connectivity index (χ1n) is 7.14. The third-order valence-electron chi connectivity index (χ3n) is 3.66. The Morgan fingerprint density at radius 3 is 2.05 bits per heavy atom. The Labute approximate surface area is 129 Å². The molecule has 2 rings (SSSR count). The number of nitrogens with two attached hydrogens (primary N) is 1. The summed E-state index contributed by atoms with van der Waals surface area (Å²) in [6.45, 7) is 7.35. The summed E-state index contributed by atoms with van der Waals surface area (Å²) in [5, 5.41) is 14.8. The predicted octanol–water partition coefficient (Wildman–Crippen LogP) is 0.890. The molecule has 1 aliphatic heterocycles. The van der Waals surface area contributed by atoms with Crippen LogP contribution in [0.3, 0.4) is 0 Å². The van der Waals surface area contributed by atoms with E-state index in [-0.39, 0.29) is 6.09 Å². The summed E-state index contributed by atoms with van der Waals surface area (Å²) in [7, 11) is 0. The number of rotatable bonds is 0. The molecule has 8 nitrogen and oxygen atoms in total. The maximum absolute atomic E-state index is 11.8. The van der Waals surface area contributed by atoms with Crippen LogP contribution in [0.25, 0.3) is 0 Å². The smallest absolute Gasteiger partial charge is 0.414 e. The molecule has 0 radical (unpaired) electrons. The molecular weight excluding hydrogens is 292 g/mol. The van der Waals surface area contributed by atoms with Crippen LogP contribution in [0.15, 0.2) is 0 Å². The molecule has 1 saturated carbocycles. The van der Waals surface area contributed by atoms with Gasteiger partial charge in [-0.05, 0) is 45.4 Å². The SMILES string of the molecule is CC(C)(C)OC(=O)N1CCC2(CC(N)C2)C1.O=C(O)C(=O)O. The summed E-state index contributed by atoms with van der Waals surface area (Å²) in [6.07, 6.45) is 3.03. The van der Waals surface area contributed by atoms with Crippen LogP contribution in [0.5, 0.6) is 0 Å². The molecule has 0 atom stereocenters. The Morgan fingerprint density at radius 2 is 1.68 bits per heavy atom. The van der Waals surface area contributed by atoms with E-state index in [2.05, 4.69) is 0 Å². The summed E-state index contributed by atoms with van der Waals surface area (Å²) in [5.74, 6) is -3.65. The van der Waals surface area contributed by atoms with Crippen LogP contribution in [0, 0.1) is 5.41 Å². The molecule has 1 heterocycles. The highest BCUT2D eigenvalue weighted by Crippen LogP contribution is 2.47. The minimum absolute atomic E-state index is 0.176. The molecule has 1 spiro atoms. The van der Waals surface area contributed by atoms with Gasteiger partial charge in [0.1, 0.15) is 5.60 Å². The molecule has 0 aromatic heterocycles. The summed E-state index contributed by atoms with van der Waals surface area (Å²) in [5.41, 5.74) is 5.74. The van der Waals surface area contributed by atoms with Gasteiger partial charge in [0.2, 0.25) is 0 Å². The summed E-state index contributed by atoms with van der Waals surface area (Å²) < 4.78 is 5.37. The Hall–Kier alpha value is -1.83. The van der Waals surface area contributed by atoms with Crippen LogP contribution in [0.2, 0.25) is 0 Å². The van der Waals surface area contributed by atoms with Crippen LogP contribution in [-0.2, 0) is 14.3 Å². The number of carboxylic acids is 2. The zero-order valence-corrected chi connectivity index (χ0v) is 13.2. The average Bonchev–Trinajstić information content (AvgIpc) is 2.72. The van der Waals surface area contributed by atoms with Crippen molar-refractivity contribution in [1.29, 1.82) is 0 Å². The van der Waals surface area contributed by atoms with Crippen LogP contribution >= 0.6 is 0 Å². The lowest BCUT2D eigenvalue weighted by molar-refractivity contribution is -0.159. The van der Waals surface area contributed by atoms with Gasteiger partial charge in [0.05, 0.1) is 0 Å². The molecule has 2 aliphatic rings. The standard InChI is InChI=1S/C12H22N2O2.C2H2O4/c1-11(2,3)16-10(15)14-5-4-12(8-14)6-9(13)7-12;3-1(4)2(5)6/h9H,4-8,13H2,1-3H3;(H,3,4)(H,5,6). The van der Waals surface area contributed by atoms with E-state index in [1.54, 1.807) is 0 Å². The van der Waals surface area contributed by atoms with E-state index in [0.717, 1.165) is 32.4 Å². The number of carboxylic acid groups (broad SMARTS) is 2. The zero-order valence-electron chi connectivity index (χ0n) is 13.2. The van der Waals surface area contributed by atoms with Gasteiger partial charge in [-0.15, -0.1) is 0 Å². The first kappa shape index (κ1) is 18.2. The molecule has 1 saturated heterocycles. The van der Waals surface area contributed by atoms with Crippen LogP contribution < -0.4 is 5.73 Å². The van der Waals surface area contributed by atoms with Gasteiger partial charge >= 0.3 is 18.0 Å². The Morgan fingerprint density at radius 1 is 1.18 bits per heavy atom. The van der Waals surface area contributed by atoms with Crippen LogP contribution in [0.4, 0.5) is 4.79 Å². The van der Waals surface area contributed by atoms with E-state index in [4.69, 9.17) is 30.3 Å². The predicted molar refractivity (Wildman–Crippen MR) is 77.3 cm³/mol. The molecular formula is C14H24N2O6. The number of nitrogens with zero attached hydrogens (tertiary/aromatic N) is 1. The molecule has 0 unspecified atom stereocenters. The molecule has 4 N–H and O–H groups in total. The van der Waals surface area contributed by atoms with Gasteiger partial charge in [-0.25, -0.2) is 14.4 Å².